The Hall–Kier alpha value is -2.78. The first-order valence-electron chi connectivity index (χ1n) is 8.78. The van der Waals surface area contributed by atoms with Gasteiger partial charge in [-0.1, -0.05) is 57.2 Å². The molecule has 1 unspecified atom stereocenters. The van der Waals surface area contributed by atoms with E-state index in [0.29, 0.717) is 11.5 Å². The highest BCUT2D eigenvalue weighted by atomic mass is 16.5. The van der Waals surface area contributed by atoms with Crippen molar-refractivity contribution in [3.05, 3.63) is 88.7 Å². The Kier molecular flexibility index (Phi) is 3.78. The van der Waals surface area contributed by atoms with Gasteiger partial charge in [-0.3, -0.25) is 0 Å². The van der Waals surface area contributed by atoms with E-state index in [1.165, 1.54) is 5.56 Å². The Morgan fingerprint density at radius 2 is 1.77 bits per heavy atom. The van der Waals surface area contributed by atoms with Crippen molar-refractivity contribution >= 4 is 5.57 Å². The number of fused-ring (bicyclic) bond motifs is 2. The van der Waals surface area contributed by atoms with Crippen LogP contribution in [0.5, 0.6) is 11.5 Å². The fraction of sp³-hybridized carbons (Fsp3) is 0.217. The number of hydrogen-bond acceptors (Lipinski definition) is 3. The minimum atomic E-state index is -0.674. The summed E-state index contributed by atoms with van der Waals surface area (Å²) in [5.41, 5.74) is 5.30. The van der Waals surface area contributed by atoms with Crippen molar-refractivity contribution in [2.75, 3.05) is 0 Å². The molecule has 1 heterocycles. The molecule has 2 aromatic rings. The van der Waals surface area contributed by atoms with Gasteiger partial charge in [0, 0.05) is 22.8 Å². The van der Waals surface area contributed by atoms with Crippen LogP contribution >= 0.6 is 0 Å². The van der Waals surface area contributed by atoms with Gasteiger partial charge in [-0.2, -0.15) is 0 Å². The van der Waals surface area contributed by atoms with E-state index in [1.807, 2.05) is 18.2 Å². The first kappa shape index (κ1) is 16.7. The van der Waals surface area contributed by atoms with Gasteiger partial charge in [0.05, 0.1) is 6.10 Å². The maximum atomic E-state index is 9.98. The molecule has 26 heavy (non-hydrogen) atoms. The predicted molar refractivity (Wildman–Crippen MR) is 103 cm³/mol. The molecule has 0 fully saturated rings. The molecule has 3 heteroatoms. The van der Waals surface area contributed by atoms with E-state index in [-0.39, 0.29) is 11.2 Å². The summed E-state index contributed by atoms with van der Waals surface area (Å²) in [5.74, 6) is 1.38. The molecule has 0 aromatic heterocycles. The van der Waals surface area contributed by atoms with Gasteiger partial charge in [-0.15, -0.1) is 0 Å². The van der Waals surface area contributed by atoms with Crippen LogP contribution in [0.1, 0.15) is 37.5 Å². The van der Waals surface area contributed by atoms with Gasteiger partial charge in [0.15, 0.2) is 0 Å². The summed E-state index contributed by atoms with van der Waals surface area (Å²) in [4.78, 5) is 0. The van der Waals surface area contributed by atoms with Crippen LogP contribution in [0.2, 0.25) is 0 Å². The lowest BCUT2D eigenvalue weighted by Crippen LogP contribution is -2.18. The minimum absolute atomic E-state index is 0.0265. The highest BCUT2D eigenvalue weighted by Crippen LogP contribution is 2.46. The van der Waals surface area contributed by atoms with E-state index in [0.717, 1.165) is 22.3 Å². The molecule has 0 spiro atoms. The zero-order valence-electron chi connectivity index (χ0n) is 15.2. The normalized spacial score (nSPS) is 18.8. The number of rotatable bonds is 1. The predicted octanol–water partition coefficient (Wildman–Crippen LogP) is 4.70. The molecule has 132 valence electrons. The van der Waals surface area contributed by atoms with Crippen LogP contribution in [-0.2, 0) is 5.41 Å². The lowest BCUT2D eigenvalue weighted by molar-refractivity contribution is 0.263. The third kappa shape index (κ3) is 2.74. The monoisotopic (exact) mass is 346 g/mol. The number of ether oxygens (including phenoxy) is 1. The third-order valence-electron chi connectivity index (χ3n) is 4.78. The van der Waals surface area contributed by atoms with Crippen LogP contribution in [0, 0.1) is 0 Å². The van der Waals surface area contributed by atoms with Crippen molar-refractivity contribution in [2.45, 2.75) is 32.3 Å². The number of allylic oxidation sites excluding steroid dienone is 1. The zero-order valence-corrected chi connectivity index (χ0v) is 15.2. The van der Waals surface area contributed by atoms with E-state index < -0.39 is 6.10 Å². The van der Waals surface area contributed by atoms with Crippen LogP contribution in [0.25, 0.3) is 5.57 Å². The lowest BCUT2D eigenvalue weighted by Gasteiger charge is -2.30. The van der Waals surface area contributed by atoms with E-state index >= 15 is 0 Å². The Morgan fingerprint density at radius 3 is 2.54 bits per heavy atom. The Labute approximate surface area is 153 Å². The Balaban J connectivity index is 2.05. The zero-order chi connectivity index (χ0) is 18.5. The van der Waals surface area contributed by atoms with Crippen molar-refractivity contribution in [3.63, 3.8) is 0 Å². The molecule has 1 aliphatic heterocycles. The van der Waals surface area contributed by atoms with Crippen LogP contribution in [-0.4, -0.2) is 16.3 Å². The van der Waals surface area contributed by atoms with Crippen LogP contribution < -0.4 is 4.74 Å². The smallest absolute Gasteiger partial charge is 0.138 e. The summed E-state index contributed by atoms with van der Waals surface area (Å²) in [6.07, 6.45) is 4.70. The maximum Gasteiger partial charge on any atom is 0.138 e. The number of aliphatic hydroxyl groups excluding tert-OH is 1. The average Bonchev–Trinajstić information content (AvgIpc) is 2.58. The molecule has 0 saturated carbocycles. The number of benzene rings is 2. The number of aliphatic hydroxyl groups is 1. The fourth-order valence-corrected chi connectivity index (χ4v) is 3.58. The van der Waals surface area contributed by atoms with Crippen molar-refractivity contribution in [2.24, 2.45) is 0 Å². The quantitative estimate of drug-likeness (QED) is 0.787. The van der Waals surface area contributed by atoms with Gasteiger partial charge in [0.1, 0.15) is 17.3 Å². The summed E-state index contributed by atoms with van der Waals surface area (Å²) in [6.45, 7) is 6.60. The average molecular weight is 346 g/mol. The molecule has 0 bridgehead atoms. The molecule has 3 nitrogen and oxygen atoms in total. The lowest BCUT2D eigenvalue weighted by atomic mass is 9.78. The number of hydrogen-bond donors (Lipinski definition) is 2. The number of aromatic hydroxyl groups is 1. The fourth-order valence-electron chi connectivity index (χ4n) is 3.58. The third-order valence-corrected chi connectivity index (χ3v) is 4.78. The van der Waals surface area contributed by atoms with Crippen LogP contribution in [0.4, 0.5) is 0 Å². The second kappa shape index (κ2) is 5.89. The largest absolute Gasteiger partial charge is 0.508 e. The Bertz CT molecular complexity index is 971. The molecule has 0 amide bonds. The summed E-state index contributed by atoms with van der Waals surface area (Å²) in [7, 11) is 0. The topological polar surface area (TPSA) is 49.7 Å². The second-order valence-corrected chi connectivity index (χ2v) is 7.75. The summed E-state index contributed by atoms with van der Waals surface area (Å²) < 4.78 is 6.00. The molecule has 1 aliphatic carbocycles. The van der Waals surface area contributed by atoms with Gasteiger partial charge in [-0.05, 0) is 34.8 Å². The van der Waals surface area contributed by atoms with Gasteiger partial charge < -0.3 is 14.9 Å². The number of phenols is 1. The van der Waals surface area contributed by atoms with Gasteiger partial charge in [-0.25, -0.2) is 0 Å². The molecule has 2 aliphatic rings. The maximum absolute atomic E-state index is 9.98. The molecule has 4 rings (SSSR count). The molecule has 2 aromatic carbocycles. The molecular weight excluding hydrogens is 324 g/mol. The van der Waals surface area contributed by atoms with Crippen LogP contribution in [0.15, 0.2) is 72.0 Å². The minimum Gasteiger partial charge on any atom is -0.508 e. The molecular formula is C23H22O3. The second-order valence-electron chi connectivity index (χ2n) is 7.75. The first-order valence-corrected chi connectivity index (χ1v) is 8.78. The highest BCUT2D eigenvalue weighted by molar-refractivity contribution is 5.92. The van der Waals surface area contributed by atoms with Gasteiger partial charge >= 0.3 is 0 Å². The van der Waals surface area contributed by atoms with Crippen molar-refractivity contribution < 1.29 is 14.9 Å². The van der Waals surface area contributed by atoms with Gasteiger partial charge in [0.25, 0.3) is 0 Å². The molecule has 1 atom stereocenters. The molecule has 0 saturated heterocycles. The van der Waals surface area contributed by atoms with Crippen molar-refractivity contribution in [1.29, 1.82) is 0 Å². The summed E-state index contributed by atoms with van der Waals surface area (Å²) in [6, 6.07) is 13.6. The van der Waals surface area contributed by atoms with Crippen molar-refractivity contribution in [3.8, 4) is 11.5 Å². The number of phenolic OH excluding ortho intramolecular Hbond substituents is 1. The van der Waals surface area contributed by atoms with Crippen molar-refractivity contribution in [1.82, 2.24) is 0 Å². The van der Waals surface area contributed by atoms with E-state index in [2.05, 4.69) is 39.0 Å². The molecule has 0 radical (unpaired) electrons. The van der Waals surface area contributed by atoms with Crippen LogP contribution in [0.3, 0.4) is 0 Å². The van der Waals surface area contributed by atoms with Gasteiger partial charge in [0.2, 0.25) is 0 Å². The van der Waals surface area contributed by atoms with E-state index in [1.54, 1.807) is 24.3 Å². The SMILES string of the molecule is CC(C)(C)c1ccccc1C1=C2C=CC(O)C=C2Oc2cc(O)ccc21. The first-order chi connectivity index (χ1) is 12.3. The summed E-state index contributed by atoms with van der Waals surface area (Å²) in [5, 5.41) is 19.9. The molecule has 2 N–H and O–H groups in total. The Morgan fingerprint density at radius 1 is 1.00 bits per heavy atom. The standard InChI is InChI=1S/C23H22O3/c1-23(2,3)19-7-5-4-6-16(19)22-17-10-8-14(24)12-20(17)26-21-13-15(25)9-11-18(21)22/h4-14,24-25H,1-3H3. The highest BCUT2D eigenvalue weighted by Gasteiger charge is 2.30. The van der Waals surface area contributed by atoms with E-state index in [9.17, 15) is 10.2 Å². The van der Waals surface area contributed by atoms with E-state index in [4.69, 9.17) is 4.74 Å². The summed E-state index contributed by atoms with van der Waals surface area (Å²) >= 11 is 0.